The number of rotatable bonds is 7. The molecule has 1 atom stereocenters. The molecule has 7 heteroatoms. The Labute approximate surface area is 201 Å². The van der Waals surface area contributed by atoms with Crippen LogP contribution in [0.15, 0.2) is 54.6 Å². The monoisotopic (exact) mass is 468 g/mol. The zero-order chi connectivity index (χ0) is 23.0. The molecule has 2 N–H and O–H groups in total. The number of hydrogen-bond acceptors (Lipinski definition) is 3. The highest BCUT2D eigenvalue weighted by Gasteiger charge is 2.36. The number of benzene rings is 2. The topological polar surface area (TPSA) is 47.6 Å². The summed E-state index contributed by atoms with van der Waals surface area (Å²) in [7, 11) is 0. The molecule has 33 heavy (non-hydrogen) atoms. The van der Waals surface area contributed by atoms with Crippen molar-refractivity contribution in [3.8, 4) is 0 Å². The van der Waals surface area contributed by atoms with Crippen molar-refractivity contribution in [1.82, 2.24) is 15.1 Å². The summed E-state index contributed by atoms with van der Waals surface area (Å²) in [4.78, 5) is 17.8. The van der Waals surface area contributed by atoms with Gasteiger partial charge in [0, 0.05) is 38.4 Å². The molecular weight excluding hydrogens is 435 g/mol. The molecule has 2 aromatic rings. The minimum Gasteiger partial charge on any atom is -0.354 e. The molecule has 5 nitrogen and oxygen atoms in total. The summed E-state index contributed by atoms with van der Waals surface area (Å²) in [6.45, 7) is 3.82. The van der Waals surface area contributed by atoms with E-state index < -0.39 is 0 Å². The van der Waals surface area contributed by atoms with E-state index in [4.69, 9.17) is 12.2 Å². The highest BCUT2D eigenvalue weighted by molar-refractivity contribution is 7.80. The van der Waals surface area contributed by atoms with Crippen LogP contribution in [0.1, 0.15) is 31.2 Å². The Morgan fingerprint density at radius 1 is 1.00 bits per heavy atom. The molecule has 2 fully saturated rings. The van der Waals surface area contributed by atoms with Crippen LogP contribution >= 0.6 is 12.2 Å². The standard InChI is InChI=1S/C26H33FN4OS/c27-22-10-12-23(13-11-22)29-26(33)31-18-16-30(17-19-31)24(21-8-4-5-9-21)25(32)28-15-14-20-6-2-1-3-7-20/h1-3,6-7,10-13,21,24H,4-5,8-9,14-19H2,(H,28,32)(H,29,33). The Morgan fingerprint density at radius 2 is 1.67 bits per heavy atom. The van der Waals surface area contributed by atoms with Gasteiger partial charge in [-0.05, 0) is 67.2 Å². The highest BCUT2D eigenvalue weighted by Crippen LogP contribution is 2.31. The van der Waals surface area contributed by atoms with Gasteiger partial charge >= 0.3 is 0 Å². The van der Waals surface area contributed by atoms with Crippen molar-refractivity contribution in [2.75, 3.05) is 38.0 Å². The SMILES string of the molecule is O=C(NCCc1ccccc1)C(C1CCCC1)N1CCN(C(=S)Nc2ccc(F)cc2)CC1. The van der Waals surface area contributed by atoms with Crippen LogP contribution in [0.2, 0.25) is 0 Å². The van der Waals surface area contributed by atoms with Gasteiger partial charge in [-0.25, -0.2) is 4.39 Å². The van der Waals surface area contributed by atoms with Gasteiger partial charge in [0.05, 0.1) is 6.04 Å². The second-order valence-electron chi connectivity index (χ2n) is 8.98. The summed E-state index contributed by atoms with van der Waals surface area (Å²) in [6, 6.07) is 16.4. The Balaban J connectivity index is 1.31. The van der Waals surface area contributed by atoms with E-state index in [1.54, 1.807) is 12.1 Å². The molecule has 0 spiro atoms. The van der Waals surface area contributed by atoms with Gasteiger partial charge in [-0.1, -0.05) is 43.2 Å². The molecule has 1 saturated carbocycles. The van der Waals surface area contributed by atoms with Crippen LogP contribution in [0.5, 0.6) is 0 Å². The lowest BCUT2D eigenvalue weighted by Gasteiger charge is -2.41. The third-order valence-corrected chi connectivity index (χ3v) is 7.12. The number of anilines is 1. The normalized spacial score (nSPS) is 18.2. The fourth-order valence-corrected chi connectivity index (χ4v) is 5.27. The number of carbonyl (C=O) groups is 1. The van der Waals surface area contributed by atoms with Crippen molar-refractivity contribution in [3.05, 3.63) is 66.0 Å². The summed E-state index contributed by atoms with van der Waals surface area (Å²) in [6.07, 6.45) is 5.53. The van der Waals surface area contributed by atoms with Crippen LogP contribution in [0, 0.1) is 11.7 Å². The van der Waals surface area contributed by atoms with E-state index in [2.05, 4.69) is 32.6 Å². The zero-order valence-corrected chi connectivity index (χ0v) is 19.8. The maximum Gasteiger partial charge on any atom is 0.237 e. The van der Waals surface area contributed by atoms with Crippen molar-refractivity contribution in [2.24, 2.45) is 5.92 Å². The Morgan fingerprint density at radius 3 is 2.33 bits per heavy atom. The van der Waals surface area contributed by atoms with E-state index in [1.165, 1.54) is 30.5 Å². The molecule has 0 aromatic heterocycles. The van der Waals surface area contributed by atoms with Crippen molar-refractivity contribution in [1.29, 1.82) is 0 Å². The molecule has 4 rings (SSSR count). The van der Waals surface area contributed by atoms with Crippen LogP contribution in [-0.4, -0.2) is 59.6 Å². The van der Waals surface area contributed by atoms with Crippen LogP contribution < -0.4 is 10.6 Å². The molecule has 1 amide bonds. The Hall–Kier alpha value is -2.51. The second-order valence-corrected chi connectivity index (χ2v) is 9.36. The maximum atomic E-state index is 13.3. The number of amides is 1. The first-order valence-electron chi connectivity index (χ1n) is 12.0. The zero-order valence-electron chi connectivity index (χ0n) is 19.0. The quantitative estimate of drug-likeness (QED) is 0.601. The molecule has 1 unspecified atom stereocenters. The number of halogens is 1. The molecule has 1 aliphatic heterocycles. The van der Waals surface area contributed by atoms with Gasteiger partial charge in [0.15, 0.2) is 5.11 Å². The van der Waals surface area contributed by atoms with E-state index in [0.717, 1.165) is 51.1 Å². The molecule has 0 radical (unpaired) electrons. The fourth-order valence-electron chi connectivity index (χ4n) is 4.97. The Kier molecular flexibility index (Phi) is 8.29. The van der Waals surface area contributed by atoms with Crippen LogP contribution in [0.25, 0.3) is 0 Å². The van der Waals surface area contributed by atoms with Crippen LogP contribution in [-0.2, 0) is 11.2 Å². The van der Waals surface area contributed by atoms with Gasteiger partial charge in [0.1, 0.15) is 5.82 Å². The van der Waals surface area contributed by atoms with Gasteiger partial charge in [-0.2, -0.15) is 0 Å². The largest absolute Gasteiger partial charge is 0.354 e. The lowest BCUT2D eigenvalue weighted by atomic mass is 9.95. The van der Waals surface area contributed by atoms with Gasteiger partial charge < -0.3 is 15.5 Å². The minimum atomic E-state index is -0.264. The van der Waals surface area contributed by atoms with Gasteiger partial charge in [0.25, 0.3) is 0 Å². The van der Waals surface area contributed by atoms with E-state index in [9.17, 15) is 9.18 Å². The van der Waals surface area contributed by atoms with E-state index in [0.29, 0.717) is 17.6 Å². The first-order chi connectivity index (χ1) is 16.1. The molecule has 2 aliphatic rings. The van der Waals surface area contributed by atoms with E-state index >= 15 is 0 Å². The number of nitrogens with one attached hydrogen (secondary N) is 2. The second kappa shape index (κ2) is 11.6. The molecule has 1 heterocycles. The van der Waals surface area contributed by atoms with Gasteiger partial charge in [-0.15, -0.1) is 0 Å². The van der Waals surface area contributed by atoms with Crippen molar-refractivity contribution < 1.29 is 9.18 Å². The average Bonchev–Trinajstić information content (AvgIpc) is 3.36. The lowest BCUT2D eigenvalue weighted by molar-refractivity contribution is -0.129. The number of hydrogen-bond donors (Lipinski definition) is 2. The average molecular weight is 469 g/mol. The van der Waals surface area contributed by atoms with Gasteiger partial charge in [0.2, 0.25) is 5.91 Å². The lowest BCUT2D eigenvalue weighted by Crippen LogP contribution is -2.58. The summed E-state index contributed by atoms with van der Waals surface area (Å²) < 4.78 is 13.1. The third-order valence-electron chi connectivity index (χ3n) is 6.76. The first-order valence-corrected chi connectivity index (χ1v) is 12.4. The Bertz CT molecular complexity index is 910. The first kappa shape index (κ1) is 23.6. The summed E-state index contributed by atoms with van der Waals surface area (Å²) in [5.41, 5.74) is 2.02. The molecule has 1 aliphatic carbocycles. The number of piperazine rings is 1. The van der Waals surface area contributed by atoms with Crippen molar-refractivity contribution >= 4 is 28.9 Å². The predicted molar refractivity (Wildman–Crippen MR) is 135 cm³/mol. The van der Waals surface area contributed by atoms with Crippen LogP contribution in [0.3, 0.4) is 0 Å². The molecule has 2 aromatic carbocycles. The van der Waals surface area contributed by atoms with Crippen LogP contribution in [0.4, 0.5) is 10.1 Å². The third kappa shape index (κ3) is 6.51. The van der Waals surface area contributed by atoms with E-state index in [-0.39, 0.29) is 17.8 Å². The van der Waals surface area contributed by atoms with E-state index in [1.807, 2.05) is 18.2 Å². The summed E-state index contributed by atoms with van der Waals surface area (Å²) >= 11 is 5.58. The fraction of sp³-hybridized carbons (Fsp3) is 0.462. The smallest absolute Gasteiger partial charge is 0.237 e. The number of thiocarbonyl (C=S) groups is 1. The molecular formula is C26H33FN4OS. The molecule has 0 bridgehead atoms. The minimum absolute atomic E-state index is 0.0657. The van der Waals surface area contributed by atoms with Gasteiger partial charge in [-0.3, -0.25) is 9.69 Å². The summed E-state index contributed by atoms with van der Waals surface area (Å²) in [5.74, 6) is 0.330. The molecule has 1 saturated heterocycles. The number of nitrogens with zero attached hydrogens (tertiary/aromatic N) is 2. The predicted octanol–water partition coefficient (Wildman–Crippen LogP) is 4.06. The maximum absolute atomic E-state index is 13.3. The summed E-state index contributed by atoms with van der Waals surface area (Å²) in [5, 5.41) is 7.06. The molecule has 176 valence electrons. The van der Waals surface area contributed by atoms with Crippen molar-refractivity contribution in [3.63, 3.8) is 0 Å². The number of carbonyl (C=O) groups excluding carboxylic acids is 1. The highest BCUT2D eigenvalue weighted by atomic mass is 32.1. The van der Waals surface area contributed by atoms with Crippen molar-refractivity contribution in [2.45, 2.75) is 38.1 Å².